The summed E-state index contributed by atoms with van der Waals surface area (Å²) in [5, 5.41) is 3.37. The molecule has 2 rings (SSSR count). The van der Waals surface area contributed by atoms with Crippen molar-refractivity contribution in [3.8, 4) is 5.75 Å². The Hall–Kier alpha value is -1.35. The Morgan fingerprint density at radius 1 is 1.50 bits per heavy atom. The number of benzene rings is 1. The fraction of sp³-hybridized carbons (Fsp3) is 0.462. The number of hydrogen-bond donors (Lipinski definition) is 1. The molecule has 1 atom stereocenters. The maximum absolute atomic E-state index is 11.1. The maximum atomic E-state index is 11.1. The predicted octanol–water partition coefficient (Wildman–Crippen LogP) is 1.97. The molecule has 3 heteroatoms. The molecule has 1 aliphatic rings. The standard InChI is InChI=1S/C13H17NO2/c1-16-12-4-5-13(11(7-12)9-15)10-3-2-6-14-8-10/h4-5,7,9-10,14H,2-3,6,8H2,1H3. The molecular weight excluding hydrogens is 202 g/mol. The average Bonchev–Trinajstić information content (AvgIpc) is 2.39. The first-order valence-electron chi connectivity index (χ1n) is 5.69. The van der Waals surface area contributed by atoms with Crippen LogP contribution in [0.25, 0.3) is 0 Å². The number of carbonyl (C=O) groups is 1. The van der Waals surface area contributed by atoms with Gasteiger partial charge in [0.15, 0.2) is 0 Å². The van der Waals surface area contributed by atoms with Crippen molar-refractivity contribution in [3.05, 3.63) is 29.3 Å². The molecule has 0 spiro atoms. The summed E-state index contributed by atoms with van der Waals surface area (Å²) in [6, 6.07) is 5.76. The Morgan fingerprint density at radius 2 is 2.38 bits per heavy atom. The molecule has 1 N–H and O–H groups in total. The van der Waals surface area contributed by atoms with Crippen LogP contribution in [0.2, 0.25) is 0 Å². The molecule has 1 fully saturated rings. The van der Waals surface area contributed by atoms with Gasteiger partial charge in [-0.05, 0) is 43.0 Å². The molecule has 16 heavy (non-hydrogen) atoms. The van der Waals surface area contributed by atoms with Crippen molar-refractivity contribution in [3.63, 3.8) is 0 Å². The fourth-order valence-electron chi connectivity index (χ4n) is 2.27. The van der Waals surface area contributed by atoms with Gasteiger partial charge in [0.2, 0.25) is 0 Å². The van der Waals surface area contributed by atoms with E-state index in [2.05, 4.69) is 5.32 Å². The van der Waals surface area contributed by atoms with Crippen LogP contribution in [-0.2, 0) is 0 Å². The molecule has 86 valence electrons. The number of carbonyl (C=O) groups excluding carboxylic acids is 1. The van der Waals surface area contributed by atoms with Gasteiger partial charge in [0.1, 0.15) is 12.0 Å². The zero-order valence-corrected chi connectivity index (χ0v) is 9.53. The lowest BCUT2D eigenvalue weighted by Crippen LogP contribution is -2.28. The molecule has 1 heterocycles. The molecule has 1 aromatic carbocycles. The van der Waals surface area contributed by atoms with Crippen LogP contribution < -0.4 is 10.1 Å². The van der Waals surface area contributed by atoms with Crippen molar-refractivity contribution in [2.45, 2.75) is 18.8 Å². The lowest BCUT2D eigenvalue weighted by Gasteiger charge is -2.24. The Bertz CT molecular complexity index is 370. The normalized spacial score (nSPS) is 20.4. The molecule has 1 aliphatic heterocycles. The number of methoxy groups -OCH3 is 1. The predicted molar refractivity (Wildman–Crippen MR) is 63.2 cm³/mol. The summed E-state index contributed by atoms with van der Waals surface area (Å²) >= 11 is 0. The highest BCUT2D eigenvalue weighted by molar-refractivity contribution is 5.78. The second-order valence-corrected chi connectivity index (χ2v) is 4.16. The van der Waals surface area contributed by atoms with Crippen LogP contribution in [0.3, 0.4) is 0 Å². The summed E-state index contributed by atoms with van der Waals surface area (Å²) in [7, 11) is 1.62. The minimum absolute atomic E-state index is 0.458. The minimum Gasteiger partial charge on any atom is -0.497 e. The molecule has 0 radical (unpaired) electrons. The SMILES string of the molecule is COc1ccc(C2CCCNC2)c(C=O)c1. The molecule has 0 aliphatic carbocycles. The van der Waals surface area contributed by atoms with Crippen molar-refractivity contribution in [1.29, 1.82) is 0 Å². The van der Waals surface area contributed by atoms with Gasteiger partial charge in [-0.15, -0.1) is 0 Å². The molecule has 3 nitrogen and oxygen atoms in total. The first-order valence-corrected chi connectivity index (χ1v) is 5.69. The van der Waals surface area contributed by atoms with Crippen molar-refractivity contribution >= 4 is 6.29 Å². The largest absolute Gasteiger partial charge is 0.497 e. The fourth-order valence-corrected chi connectivity index (χ4v) is 2.27. The summed E-state index contributed by atoms with van der Waals surface area (Å²) in [5.74, 6) is 1.20. The summed E-state index contributed by atoms with van der Waals surface area (Å²) in [5.41, 5.74) is 1.90. The van der Waals surface area contributed by atoms with Crippen molar-refractivity contribution in [1.82, 2.24) is 5.32 Å². The highest BCUT2D eigenvalue weighted by Crippen LogP contribution is 2.28. The summed E-state index contributed by atoms with van der Waals surface area (Å²) in [6.07, 6.45) is 3.25. The van der Waals surface area contributed by atoms with E-state index in [-0.39, 0.29) is 0 Å². The molecule has 0 amide bonds. The third kappa shape index (κ3) is 2.25. The quantitative estimate of drug-likeness (QED) is 0.790. The monoisotopic (exact) mass is 219 g/mol. The molecule has 0 saturated carbocycles. The van der Waals surface area contributed by atoms with Gasteiger partial charge in [0.25, 0.3) is 0 Å². The number of nitrogens with one attached hydrogen (secondary N) is 1. The maximum Gasteiger partial charge on any atom is 0.150 e. The second kappa shape index (κ2) is 5.12. The van der Waals surface area contributed by atoms with Gasteiger partial charge in [-0.1, -0.05) is 6.07 Å². The molecule has 1 saturated heterocycles. The van der Waals surface area contributed by atoms with E-state index >= 15 is 0 Å². The van der Waals surface area contributed by atoms with Crippen molar-refractivity contribution in [2.75, 3.05) is 20.2 Å². The number of aldehydes is 1. The Balaban J connectivity index is 2.28. The lowest BCUT2D eigenvalue weighted by molar-refractivity contribution is 0.112. The van der Waals surface area contributed by atoms with Gasteiger partial charge >= 0.3 is 0 Å². The summed E-state index contributed by atoms with van der Waals surface area (Å²) in [4.78, 5) is 11.1. The zero-order chi connectivity index (χ0) is 11.4. The van der Waals surface area contributed by atoms with Crippen LogP contribution in [0.15, 0.2) is 18.2 Å². The van der Waals surface area contributed by atoms with Gasteiger partial charge in [-0.3, -0.25) is 4.79 Å². The highest BCUT2D eigenvalue weighted by atomic mass is 16.5. The third-order valence-corrected chi connectivity index (χ3v) is 3.16. The van der Waals surface area contributed by atoms with Crippen LogP contribution in [0.4, 0.5) is 0 Å². The van der Waals surface area contributed by atoms with Gasteiger partial charge in [-0.25, -0.2) is 0 Å². The first-order chi connectivity index (χ1) is 7.85. The van der Waals surface area contributed by atoms with Gasteiger partial charge < -0.3 is 10.1 Å². The van der Waals surface area contributed by atoms with E-state index in [0.717, 1.165) is 42.7 Å². The summed E-state index contributed by atoms with van der Waals surface area (Å²) < 4.78 is 5.12. The van der Waals surface area contributed by atoms with Crippen LogP contribution in [0.1, 0.15) is 34.7 Å². The van der Waals surface area contributed by atoms with E-state index in [0.29, 0.717) is 5.92 Å². The van der Waals surface area contributed by atoms with E-state index in [9.17, 15) is 4.79 Å². The van der Waals surface area contributed by atoms with Gasteiger partial charge in [-0.2, -0.15) is 0 Å². The summed E-state index contributed by atoms with van der Waals surface area (Å²) in [6.45, 7) is 2.05. The number of piperidine rings is 1. The molecule has 1 unspecified atom stereocenters. The van der Waals surface area contributed by atoms with E-state index in [1.165, 1.54) is 6.42 Å². The second-order valence-electron chi connectivity index (χ2n) is 4.16. The van der Waals surface area contributed by atoms with E-state index in [1.54, 1.807) is 7.11 Å². The Kier molecular flexibility index (Phi) is 3.57. The van der Waals surface area contributed by atoms with Crippen LogP contribution in [0, 0.1) is 0 Å². The number of hydrogen-bond acceptors (Lipinski definition) is 3. The zero-order valence-electron chi connectivity index (χ0n) is 9.53. The van der Waals surface area contributed by atoms with Crippen LogP contribution in [0.5, 0.6) is 5.75 Å². The smallest absolute Gasteiger partial charge is 0.150 e. The molecule has 0 aromatic heterocycles. The van der Waals surface area contributed by atoms with Gasteiger partial charge in [0, 0.05) is 12.1 Å². The topological polar surface area (TPSA) is 38.3 Å². The Labute approximate surface area is 95.8 Å². The molecule has 1 aromatic rings. The van der Waals surface area contributed by atoms with Gasteiger partial charge in [0.05, 0.1) is 7.11 Å². The average molecular weight is 219 g/mol. The Morgan fingerprint density at radius 3 is 3.00 bits per heavy atom. The van der Waals surface area contributed by atoms with Crippen LogP contribution in [-0.4, -0.2) is 26.5 Å². The first kappa shape index (κ1) is 11.1. The minimum atomic E-state index is 0.458. The van der Waals surface area contributed by atoms with Crippen molar-refractivity contribution < 1.29 is 9.53 Å². The van der Waals surface area contributed by atoms with E-state index in [4.69, 9.17) is 4.74 Å². The van der Waals surface area contributed by atoms with Crippen LogP contribution >= 0.6 is 0 Å². The number of ether oxygens (including phenoxy) is 1. The lowest BCUT2D eigenvalue weighted by atomic mass is 9.88. The van der Waals surface area contributed by atoms with E-state index < -0.39 is 0 Å². The van der Waals surface area contributed by atoms with E-state index in [1.807, 2.05) is 18.2 Å². The molecular formula is C13H17NO2. The highest BCUT2D eigenvalue weighted by Gasteiger charge is 2.18. The molecule has 0 bridgehead atoms. The van der Waals surface area contributed by atoms with Crippen molar-refractivity contribution in [2.24, 2.45) is 0 Å². The third-order valence-electron chi connectivity index (χ3n) is 3.16. The number of rotatable bonds is 3.